The monoisotopic (exact) mass is 229 g/mol. The van der Waals surface area contributed by atoms with Gasteiger partial charge in [-0.25, -0.2) is 0 Å². The Morgan fingerprint density at radius 2 is 1.62 bits per heavy atom. The molecule has 3 N–H and O–H groups in total. The van der Waals surface area contributed by atoms with Crippen LogP contribution in [0.25, 0.3) is 0 Å². The van der Waals surface area contributed by atoms with Crippen LogP contribution in [0.2, 0.25) is 0 Å². The largest absolute Gasteiger partial charge is 0.354 e. The van der Waals surface area contributed by atoms with Crippen molar-refractivity contribution in [2.45, 2.75) is 33.2 Å². The number of carbonyl (C=O) groups is 2. The van der Waals surface area contributed by atoms with Crippen LogP contribution in [0.3, 0.4) is 0 Å². The summed E-state index contributed by atoms with van der Waals surface area (Å²) in [5, 5.41) is 8.39. The van der Waals surface area contributed by atoms with E-state index in [1.807, 2.05) is 13.8 Å². The smallest absolute Gasteiger partial charge is 0.239 e. The van der Waals surface area contributed by atoms with Crippen LogP contribution < -0.4 is 16.0 Å². The number of likely N-dealkylation sites (N-methyl/N-ethyl adjacent to an activating group) is 1. The minimum atomic E-state index is -0.581. The standard InChI is InChI=1S/C11H23N3O2/c1-8(2)9(15)13-6-7-14-10(16)11(3,4)12-5/h8,12H,6-7H2,1-5H3,(H,13,15)(H,14,16). The molecule has 0 atom stereocenters. The van der Waals surface area contributed by atoms with Gasteiger partial charge in [-0.15, -0.1) is 0 Å². The number of hydrogen-bond donors (Lipinski definition) is 3. The van der Waals surface area contributed by atoms with Crippen molar-refractivity contribution in [3.8, 4) is 0 Å². The Kier molecular flexibility index (Phi) is 6.03. The summed E-state index contributed by atoms with van der Waals surface area (Å²) in [5.41, 5.74) is -0.581. The zero-order valence-electron chi connectivity index (χ0n) is 10.8. The highest BCUT2D eigenvalue weighted by molar-refractivity contribution is 5.85. The van der Waals surface area contributed by atoms with E-state index in [9.17, 15) is 9.59 Å². The predicted molar refractivity (Wildman–Crippen MR) is 64.0 cm³/mol. The molecule has 5 nitrogen and oxygen atoms in total. The van der Waals surface area contributed by atoms with Gasteiger partial charge in [-0.2, -0.15) is 0 Å². The van der Waals surface area contributed by atoms with E-state index in [0.717, 1.165) is 0 Å². The lowest BCUT2D eigenvalue weighted by Gasteiger charge is -2.22. The van der Waals surface area contributed by atoms with Gasteiger partial charge in [0.25, 0.3) is 0 Å². The molecular weight excluding hydrogens is 206 g/mol. The molecule has 0 unspecified atom stereocenters. The second kappa shape index (κ2) is 6.48. The molecule has 0 aliphatic carbocycles. The molecule has 0 saturated carbocycles. The van der Waals surface area contributed by atoms with Crippen LogP contribution in [0.1, 0.15) is 27.7 Å². The fourth-order valence-corrected chi connectivity index (χ4v) is 0.900. The van der Waals surface area contributed by atoms with Crippen LogP contribution >= 0.6 is 0 Å². The highest BCUT2D eigenvalue weighted by atomic mass is 16.2. The summed E-state index contributed by atoms with van der Waals surface area (Å²) in [6.07, 6.45) is 0. The Balaban J connectivity index is 3.76. The Bertz CT molecular complexity index is 250. The van der Waals surface area contributed by atoms with Gasteiger partial charge in [0.2, 0.25) is 11.8 Å². The molecule has 0 saturated heterocycles. The highest BCUT2D eigenvalue weighted by Gasteiger charge is 2.24. The van der Waals surface area contributed by atoms with Crippen molar-refractivity contribution in [1.29, 1.82) is 0 Å². The number of carbonyl (C=O) groups excluding carboxylic acids is 2. The molecule has 0 spiro atoms. The van der Waals surface area contributed by atoms with Crippen LogP contribution in [-0.2, 0) is 9.59 Å². The molecule has 0 aromatic carbocycles. The van der Waals surface area contributed by atoms with E-state index in [1.54, 1.807) is 20.9 Å². The summed E-state index contributed by atoms with van der Waals surface area (Å²) in [4.78, 5) is 22.8. The second-order valence-electron chi connectivity index (χ2n) is 4.58. The summed E-state index contributed by atoms with van der Waals surface area (Å²) >= 11 is 0. The van der Waals surface area contributed by atoms with Gasteiger partial charge in [-0.1, -0.05) is 13.8 Å². The van der Waals surface area contributed by atoms with Gasteiger partial charge >= 0.3 is 0 Å². The molecule has 5 heteroatoms. The third-order valence-electron chi connectivity index (χ3n) is 2.43. The van der Waals surface area contributed by atoms with Gasteiger partial charge < -0.3 is 16.0 Å². The molecule has 0 aliphatic heterocycles. The van der Waals surface area contributed by atoms with Gasteiger partial charge in [0.05, 0.1) is 5.54 Å². The summed E-state index contributed by atoms with van der Waals surface area (Å²) < 4.78 is 0. The van der Waals surface area contributed by atoms with E-state index in [0.29, 0.717) is 13.1 Å². The first-order chi connectivity index (χ1) is 7.31. The number of hydrogen-bond acceptors (Lipinski definition) is 3. The van der Waals surface area contributed by atoms with Crippen LogP contribution in [0, 0.1) is 5.92 Å². The number of nitrogens with one attached hydrogen (secondary N) is 3. The molecule has 0 aliphatic rings. The quantitative estimate of drug-likeness (QED) is 0.556. The summed E-state index contributed by atoms with van der Waals surface area (Å²) in [5.74, 6) is -0.0969. The SMILES string of the molecule is CNC(C)(C)C(=O)NCCNC(=O)C(C)C. The third-order valence-corrected chi connectivity index (χ3v) is 2.43. The Morgan fingerprint density at radius 1 is 1.12 bits per heavy atom. The van der Waals surface area contributed by atoms with Crippen molar-refractivity contribution >= 4 is 11.8 Å². The van der Waals surface area contributed by atoms with Crippen LogP contribution in [0.15, 0.2) is 0 Å². The van der Waals surface area contributed by atoms with Crippen molar-refractivity contribution in [2.75, 3.05) is 20.1 Å². The van der Waals surface area contributed by atoms with Crippen molar-refractivity contribution in [2.24, 2.45) is 5.92 Å². The molecule has 0 bridgehead atoms. The zero-order valence-corrected chi connectivity index (χ0v) is 10.8. The fourth-order valence-electron chi connectivity index (χ4n) is 0.900. The first-order valence-electron chi connectivity index (χ1n) is 5.56. The fraction of sp³-hybridized carbons (Fsp3) is 0.818. The average molecular weight is 229 g/mol. The Labute approximate surface area is 97.4 Å². The van der Waals surface area contributed by atoms with E-state index >= 15 is 0 Å². The van der Waals surface area contributed by atoms with Gasteiger partial charge in [-0.3, -0.25) is 9.59 Å². The third kappa shape index (κ3) is 5.11. The van der Waals surface area contributed by atoms with E-state index in [2.05, 4.69) is 16.0 Å². The first kappa shape index (κ1) is 14.9. The molecule has 2 amide bonds. The number of rotatable bonds is 6. The van der Waals surface area contributed by atoms with Crippen molar-refractivity contribution < 1.29 is 9.59 Å². The van der Waals surface area contributed by atoms with Gasteiger partial charge in [0, 0.05) is 19.0 Å². The van der Waals surface area contributed by atoms with E-state index in [-0.39, 0.29) is 17.7 Å². The Hall–Kier alpha value is -1.10. The zero-order chi connectivity index (χ0) is 12.8. The minimum absolute atomic E-state index is 0.00197. The van der Waals surface area contributed by atoms with Gasteiger partial charge in [-0.05, 0) is 20.9 Å². The topological polar surface area (TPSA) is 70.2 Å². The number of amides is 2. The molecule has 16 heavy (non-hydrogen) atoms. The lowest BCUT2D eigenvalue weighted by Crippen LogP contribution is -2.52. The second-order valence-corrected chi connectivity index (χ2v) is 4.58. The molecule has 0 aromatic heterocycles. The molecule has 0 radical (unpaired) electrons. The van der Waals surface area contributed by atoms with Crippen LogP contribution in [0.4, 0.5) is 0 Å². The van der Waals surface area contributed by atoms with Crippen molar-refractivity contribution in [3.05, 3.63) is 0 Å². The average Bonchev–Trinajstić information content (AvgIpc) is 2.23. The maximum Gasteiger partial charge on any atom is 0.239 e. The van der Waals surface area contributed by atoms with Gasteiger partial charge in [0.1, 0.15) is 0 Å². The van der Waals surface area contributed by atoms with Gasteiger partial charge in [0.15, 0.2) is 0 Å². The summed E-state index contributed by atoms with van der Waals surface area (Å²) in [6.45, 7) is 8.17. The van der Waals surface area contributed by atoms with Crippen molar-refractivity contribution in [3.63, 3.8) is 0 Å². The normalized spacial score (nSPS) is 11.4. The highest BCUT2D eigenvalue weighted by Crippen LogP contribution is 1.99. The van der Waals surface area contributed by atoms with Crippen LogP contribution in [-0.4, -0.2) is 37.5 Å². The van der Waals surface area contributed by atoms with E-state index < -0.39 is 5.54 Å². The molecular formula is C11H23N3O2. The van der Waals surface area contributed by atoms with E-state index in [1.165, 1.54) is 0 Å². The lowest BCUT2D eigenvalue weighted by molar-refractivity contribution is -0.127. The Morgan fingerprint density at radius 3 is 2.06 bits per heavy atom. The molecule has 0 heterocycles. The molecule has 0 aromatic rings. The van der Waals surface area contributed by atoms with Crippen molar-refractivity contribution in [1.82, 2.24) is 16.0 Å². The minimum Gasteiger partial charge on any atom is -0.354 e. The van der Waals surface area contributed by atoms with E-state index in [4.69, 9.17) is 0 Å². The predicted octanol–water partition coefficient (Wildman–Crippen LogP) is -0.127. The molecule has 0 rings (SSSR count). The van der Waals surface area contributed by atoms with Crippen LogP contribution in [0.5, 0.6) is 0 Å². The maximum atomic E-state index is 11.6. The lowest BCUT2D eigenvalue weighted by atomic mass is 10.1. The summed E-state index contributed by atoms with van der Waals surface area (Å²) in [6, 6.07) is 0. The maximum absolute atomic E-state index is 11.6. The first-order valence-corrected chi connectivity index (χ1v) is 5.56. The molecule has 0 fully saturated rings. The summed E-state index contributed by atoms with van der Waals surface area (Å²) in [7, 11) is 1.74. The molecule has 94 valence electrons.